The Morgan fingerprint density at radius 3 is 2.69 bits per heavy atom. The molecule has 2 aliphatic heterocycles. The molecular formula is C18H14FN3O4. The lowest BCUT2D eigenvalue weighted by Crippen LogP contribution is -2.39. The van der Waals surface area contributed by atoms with Crippen LogP contribution in [0.2, 0.25) is 0 Å². The minimum absolute atomic E-state index is 0.00425. The Morgan fingerprint density at radius 1 is 1.27 bits per heavy atom. The van der Waals surface area contributed by atoms with Gasteiger partial charge in [-0.1, -0.05) is 18.2 Å². The van der Waals surface area contributed by atoms with Gasteiger partial charge in [-0.25, -0.2) is 14.2 Å². The summed E-state index contributed by atoms with van der Waals surface area (Å²) in [4.78, 5) is 43.7. The zero-order valence-corrected chi connectivity index (χ0v) is 13.6. The molecule has 1 aromatic heterocycles. The summed E-state index contributed by atoms with van der Waals surface area (Å²) >= 11 is 0. The molecule has 7 nitrogen and oxygen atoms in total. The van der Waals surface area contributed by atoms with Crippen LogP contribution >= 0.6 is 0 Å². The second-order valence-corrected chi connectivity index (χ2v) is 6.11. The first-order valence-electron chi connectivity index (χ1n) is 7.98. The number of fused-ring (bicyclic) bond motifs is 2. The minimum atomic E-state index is -0.774. The lowest BCUT2D eigenvalue weighted by Gasteiger charge is -2.27. The van der Waals surface area contributed by atoms with E-state index in [1.807, 2.05) is 0 Å². The Morgan fingerprint density at radius 2 is 2.00 bits per heavy atom. The molecule has 26 heavy (non-hydrogen) atoms. The topological polar surface area (TPSA) is 93.5 Å². The smallest absolute Gasteiger partial charge is 0.330 e. The highest BCUT2D eigenvalue weighted by molar-refractivity contribution is 6.10. The van der Waals surface area contributed by atoms with Gasteiger partial charge in [-0.05, 0) is 17.7 Å². The summed E-state index contributed by atoms with van der Waals surface area (Å²) in [6.45, 7) is 3.75. The van der Waals surface area contributed by atoms with Crippen LogP contribution in [0.5, 0.6) is 0 Å². The lowest BCUT2D eigenvalue weighted by molar-refractivity contribution is -0.141. The molecule has 0 amide bonds. The highest BCUT2D eigenvalue weighted by Gasteiger charge is 2.46. The number of aliphatic imine (C=N–C) groups is 1. The van der Waals surface area contributed by atoms with E-state index >= 15 is 0 Å². The van der Waals surface area contributed by atoms with Gasteiger partial charge in [0.1, 0.15) is 24.2 Å². The molecule has 1 aromatic carbocycles. The number of nitrogens with zero attached hydrogens (tertiary/aromatic N) is 2. The van der Waals surface area contributed by atoms with Gasteiger partial charge in [0.15, 0.2) is 0 Å². The van der Waals surface area contributed by atoms with Crippen molar-refractivity contribution >= 4 is 17.5 Å². The molecule has 2 aromatic rings. The van der Waals surface area contributed by atoms with Gasteiger partial charge < -0.3 is 4.74 Å². The molecule has 0 aliphatic carbocycles. The number of carbonyl (C=O) groups excluding carboxylic acids is 1. The first-order valence-corrected chi connectivity index (χ1v) is 7.98. The van der Waals surface area contributed by atoms with Gasteiger partial charge >= 0.3 is 11.7 Å². The Bertz CT molecular complexity index is 1070. The van der Waals surface area contributed by atoms with E-state index < -0.39 is 34.9 Å². The molecule has 0 spiro atoms. The van der Waals surface area contributed by atoms with Crippen molar-refractivity contribution in [1.29, 1.82) is 0 Å². The van der Waals surface area contributed by atoms with Gasteiger partial charge in [-0.15, -0.1) is 6.58 Å². The molecule has 2 unspecified atom stereocenters. The van der Waals surface area contributed by atoms with Crippen molar-refractivity contribution in [3.05, 3.63) is 74.7 Å². The summed E-state index contributed by atoms with van der Waals surface area (Å²) in [6, 6.07) is 5.55. The van der Waals surface area contributed by atoms with Gasteiger partial charge in [0.2, 0.25) is 0 Å². The van der Waals surface area contributed by atoms with Crippen molar-refractivity contribution < 1.29 is 13.9 Å². The van der Waals surface area contributed by atoms with Crippen LogP contribution in [0, 0.1) is 11.7 Å². The van der Waals surface area contributed by atoms with Gasteiger partial charge in [0, 0.05) is 12.5 Å². The summed E-state index contributed by atoms with van der Waals surface area (Å²) < 4.78 is 19.7. The average Bonchev–Trinajstić information content (AvgIpc) is 2.98. The summed E-state index contributed by atoms with van der Waals surface area (Å²) in [5.74, 6) is -2.24. The zero-order valence-electron chi connectivity index (χ0n) is 13.6. The van der Waals surface area contributed by atoms with E-state index in [-0.39, 0.29) is 24.5 Å². The number of nitrogens with one attached hydrogen (secondary N) is 1. The molecule has 2 aliphatic rings. The third-order valence-electron chi connectivity index (χ3n) is 4.62. The number of esters is 1. The number of aromatic nitrogens is 2. The number of H-pyrrole nitrogens is 1. The number of rotatable bonds is 3. The second kappa shape index (κ2) is 5.91. The predicted molar refractivity (Wildman–Crippen MR) is 91.3 cm³/mol. The molecule has 8 heteroatoms. The number of carbonyl (C=O) groups is 1. The number of hydrogen-bond donors (Lipinski definition) is 1. The molecule has 4 rings (SSSR count). The van der Waals surface area contributed by atoms with E-state index in [9.17, 15) is 18.8 Å². The molecule has 2 atom stereocenters. The van der Waals surface area contributed by atoms with Gasteiger partial charge in [0.25, 0.3) is 5.56 Å². The molecule has 0 saturated carbocycles. The number of benzene rings is 1. The van der Waals surface area contributed by atoms with Crippen LogP contribution in [0.15, 0.2) is 51.5 Å². The highest BCUT2D eigenvalue weighted by Crippen LogP contribution is 2.42. The van der Waals surface area contributed by atoms with Crippen LogP contribution in [0.1, 0.15) is 17.0 Å². The Kier molecular flexibility index (Phi) is 3.68. The number of ether oxygens (including phenoxy) is 1. The van der Waals surface area contributed by atoms with Crippen LogP contribution in [-0.2, 0) is 16.1 Å². The Hall–Kier alpha value is -3.29. The molecule has 1 N–H and O–H groups in total. The van der Waals surface area contributed by atoms with Crippen molar-refractivity contribution in [2.75, 3.05) is 6.61 Å². The van der Waals surface area contributed by atoms with Crippen LogP contribution in [0.25, 0.3) is 0 Å². The Balaban J connectivity index is 2.04. The van der Waals surface area contributed by atoms with Crippen molar-refractivity contribution in [1.82, 2.24) is 9.55 Å². The van der Waals surface area contributed by atoms with Crippen molar-refractivity contribution in [2.45, 2.75) is 12.5 Å². The molecular weight excluding hydrogens is 341 g/mol. The molecule has 1 fully saturated rings. The normalized spacial score (nSPS) is 20.8. The average molecular weight is 355 g/mol. The van der Waals surface area contributed by atoms with Crippen LogP contribution in [-0.4, -0.2) is 27.8 Å². The van der Waals surface area contributed by atoms with Crippen molar-refractivity contribution in [3.63, 3.8) is 0 Å². The quantitative estimate of drug-likeness (QED) is 0.662. The maximum atomic E-state index is 13.4. The highest BCUT2D eigenvalue weighted by atomic mass is 19.1. The zero-order chi connectivity index (χ0) is 18.4. The number of allylic oxidation sites excluding steroid dienone is 1. The largest absolute Gasteiger partial charge is 0.459 e. The SMILES string of the molecule is C=CCn1c2c(c(=O)[nH]c1=O)C(c1ccc(F)cc1)C1C(=O)OCC1=N2. The molecule has 3 heterocycles. The Labute approximate surface area is 146 Å². The maximum Gasteiger partial charge on any atom is 0.330 e. The summed E-state index contributed by atoms with van der Waals surface area (Å²) in [7, 11) is 0. The first kappa shape index (κ1) is 16.2. The predicted octanol–water partition coefficient (Wildman–Crippen LogP) is 1.25. The first-order chi connectivity index (χ1) is 12.5. The van der Waals surface area contributed by atoms with Crippen LogP contribution in [0.4, 0.5) is 10.2 Å². The number of cyclic esters (lactones) is 1. The summed E-state index contributed by atoms with van der Waals surface area (Å²) in [5, 5.41) is 0. The van der Waals surface area contributed by atoms with Gasteiger partial charge in [-0.2, -0.15) is 0 Å². The summed E-state index contributed by atoms with van der Waals surface area (Å²) in [5.41, 5.74) is -0.0369. The van der Waals surface area contributed by atoms with Gasteiger partial charge in [-0.3, -0.25) is 19.1 Å². The van der Waals surface area contributed by atoms with Gasteiger partial charge in [0.05, 0.1) is 11.3 Å². The van der Waals surface area contributed by atoms with E-state index in [0.717, 1.165) is 0 Å². The molecule has 0 radical (unpaired) electrons. The lowest BCUT2D eigenvalue weighted by atomic mass is 9.78. The second-order valence-electron chi connectivity index (χ2n) is 6.11. The van der Waals surface area contributed by atoms with Crippen LogP contribution < -0.4 is 11.2 Å². The fourth-order valence-electron chi connectivity index (χ4n) is 3.50. The molecule has 132 valence electrons. The monoisotopic (exact) mass is 355 g/mol. The van der Waals surface area contributed by atoms with E-state index in [1.54, 1.807) is 0 Å². The number of halogens is 1. The standard InChI is InChI=1S/C18H14FN3O4/c1-2-7-22-15-14(16(23)21-18(22)25)12(9-3-5-10(19)6-4-9)13-11(20-15)8-26-17(13)24/h2-6,12-13H,1,7-8H2,(H,21,23,25). The number of hydrogen-bond acceptors (Lipinski definition) is 5. The van der Waals surface area contributed by atoms with E-state index in [0.29, 0.717) is 11.3 Å². The van der Waals surface area contributed by atoms with Crippen molar-refractivity contribution in [2.24, 2.45) is 10.9 Å². The summed E-state index contributed by atoms with van der Waals surface area (Å²) in [6.07, 6.45) is 1.51. The van der Waals surface area contributed by atoms with E-state index in [4.69, 9.17) is 4.74 Å². The maximum absolute atomic E-state index is 13.4. The van der Waals surface area contributed by atoms with Crippen molar-refractivity contribution in [3.8, 4) is 0 Å². The molecule has 0 bridgehead atoms. The fourth-order valence-corrected chi connectivity index (χ4v) is 3.50. The third kappa shape index (κ3) is 2.33. The van der Waals surface area contributed by atoms with Crippen LogP contribution in [0.3, 0.4) is 0 Å². The molecule has 1 saturated heterocycles. The van der Waals surface area contributed by atoms with E-state index in [2.05, 4.69) is 16.6 Å². The minimum Gasteiger partial charge on any atom is -0.459 e. The van der Waals surface area contributed by atoms with E-state index in [1.165, 1.54) is 34.9 Å². The fraction of sp³-hybridized carbons (Fsp3) is 0.222. The third-order valence-corrected chi connectivity index (χ3v) is 4.62. The number of aromatic amines is 1.